The molecule has 6 nitrogen and oxygen atoms in total. The first kappa shape index (κ1) is 21.2. The van der Waals surface area contributed by atoms with Crippen molar-refractivity contribution in [2.24, 2.45) is 0 Å². The lowest BCUT2D eigenvalue weighted by Gasteiger charge is -2.20. The van der Waals surface area contributed by atoms with Gasteiger partial charge >= 0.3 is 0 Å². The number of rotatable bonds is 8. The zero-order chi connectivity index (χ0) is 20.0. The van der Waals surface area contributed by atoms with Crippen molar-refractivity contribution in [2.75, 3.05) is 25.5 Å². The minimum atomic E-state index is -3.86. The third-order valence-corrected chi connectivity index (χ3v) is 6.29. The number of carbonyl (C=O) groups is 1. The largest absolute Gasteiger partial charge is 0.495 e. The predicted octanol–water partition coefficient (Wildman–Crippen LogP) is 3.56. The maximum absolute atomic E-state index is 12.8. The molecule has 0 unspecified atom stereocenters. The van der Waals surface area contributed by atoms with Crippen LogP contribution in [0.5, 0.6) is 5.75 Å². The number of likely N-dealkylation sites (N-methyl/N-ethyl adjacent to an activating group) is 1. The summed E-state index contributed by atoms with van der Waals surface area (Å²) in [5.41, 5.74) is 1.78. The molecule has 0 spiro atoms. The summed E-state index contributed by atoms with van der Waals surface area (Å²) in [6, 6.07) is 11.6. The van der Waals surface area contributed by atoms with Crippen LogP contribution in [0.3, 0.4) is 0 Å². The van der Waals surface area contributed by atoms with E-state index in [2.05, 4.69) is 5.32 Å². The number of aryl methyl sites for hydroxylation is 1. The highest BCUT2D eigenvalue weighted by atomic mass is 35.5. The van der Waals surface area contributed by atoms with Crippen LogP contribution in [-0.2, 0) is 21.2 Å². The van der Waals surface area contributed by atoms with Crippen molar-refractivity contribution in [2.45, 2.75) is 25.2 Å². The van der Waals surface area contributed by atoms with Gasteiger partial charge in [0.15, 0.2) is 0 Å². The first-order chi connectivity index (χ1) is 12.8. The topological polar surface area (TPSA) is 75.7 Å². The van der Waals surface area contributed by atoms with Gasteiger partial charge < -0.3 is 10.1 Å². The van der Waals surface area contributed by atoms with E-state index in [1.165, 1.54) is 25.3 Å². The molecule has 0 aliphatic rings. The maximum Gasteiger partial charge on any atom is 0.243 e. The predicted molar refractivity (Wildman–Crippen MR) is 107 cm³/mol. The first-order valence-corrected chi connectivity index (χ1v) is 10.4. The van der Waals surface area contributed by atoms with Crippen molar-refractivity contribution in [1.29, 1.82) is 0 Å². The Morgan fingerprint density at radius 2 is 1.81 bits per heavy atom. The molecule has 146 valence electrons. The highest BCUT2D eigenvalue weighted by Gasteiger charge is 2.26. The Bertz CT molecular complexity index is 898. The van der Waals surface area contributed by atoms with Crippen LogP contribution in [-0.4, -0.2) is 38.8 Å². The smallest absolute Gasteiger partial charge is 0.243 e. The Balaban J connectivity index is 2.14. The van der Waals surface area contributed by atoms with E-state index in [0.29, 0.717) is 11.4 Å². The van der Waals surface area contributed by atoms with Gasteiger partial charge in [-0.3, -0.25) is 4.79 Å². The van der Waals surface area contributed by atoms with Gasteiger partial charge in [0.05, 0.1) is 23.6 Å². The molecular weight excluding hydrogens is 388 g/mol. The van der Waals surface area contributed by atoms with E-state index in [1.54, 1.807) is 19.1 Å². The Labute approximate surface area is 165 Å². The fourth-order valence-corrected chi connectivity index (χ4v) is 4.26. The minimum absolute atomic E-state index is 0.00949. The summed E-state index contributed by atoms with van der Waals surface area (Å²) in [6.07, 6.45) is 0.903. The summed E-state index contributed by atoms with van der Waals surface area (Å²) < 4.78 is 31.8. The zero-order valence-electron chi connectivity index (χ0n) is 15.5. The van der Waals surface area contributed by atoms with Crippen LogP contribution < -0.4 is 10.1 Å². The van der Waals surface area contributed by atoms with E-state index in [9.17, 15) is 13.2 Å². The SMILES string of the molecule is CCc1ccc(NC(=O)CN(CC)S(=O)(=O)c2ccc(OC)c(Cl)c2)cc1. The first-order valence-electron chi connectivity index (χ1n) is 8.54. The lowest BCUT2D eigenvalue weighted by Crippen LogP contribution is -2.37. The normalized spacial score (nSPS) is 11.4. The van der Waals surface area contributed by atoms with Gasteiger partial charge in [-0.05, 0) is 42.3 Å². The molecule has 27 heavy (non-hydrogen) atoms. The summed E-state index contributed by atoms with van der Waals surface area (Å²) in [5, 5.41) is 2.91. The number of ether oxygens (including phenoxy) is 1. The van der Waals surface area contributed by atoms with E-state index in [0.717, 1.165) is 16.3 Å². The number of nitrogens with one attached hydrogen (secondary N) is 1. The number of anilines is 1. The van der Waals surface area contributed by atoms with Gasteiger partial charge in [0, 0.05) is 12.2 Å². The molecule has 1 N–H and O–H groups in total. The van der Waals surface area contributed by atoms with Crippen LogP contribution >= 0.6 is 11.6 Å². The lowest BCUT2D eigenvalue weighted by molar-refractivity contribution is -0.116. The van der Waals surface area contributed by atoms with Gasteiger partial charge in [-0.1, -0.05) is 37.6 Å². The molecule has 2 rings (SSSR count). The molecular formula is C19H23ClN2O4S. The number of halogens is 1. The van der Waals surface area contributed by atoms with Crippen molar-refractivity contribution in [1.82, 2.24) is 4.31 Å². The van der Waals surface area contributed by atoms with Crippen LogP contribution in [0.2, 0.25) is 5.02 Å². The molecule has 0 heterocycles. The van der Waals surface area contributed by atoms with Crippen molar-refractivity contribution in [3.8, 4) is 5.75 Å². The number of sulfonamides is 1. The Morgan fingerprint density at radius 3 is 2.33 bits per heavy atom. The van der Waals surface area contributed by atoms with Gasteiger partial charge in [0.2, 0.25) is 15.9 Å². The van der Waals surface area contributed by atoms with Crippen molar-refractivity contribution < 1.29 is 17.9 Å². The molecule has 0 bridgehead atoms. The Kier molecular flexibility index (Phi) is 7.24. The highest BCUT2D eigenvalue weighted by Crippen LogP contribution is 2.28. The van der Waals surface area contributed by atoms with Crippen molar-refractivity contribution in [3.63, 3.8) is 0 Å². The van der Waals surface area contributed by atoms with Crippen molar-refractivity contribution in [3.05, 3.63) is 53.1 Å². The second-order valence-electron chi connectivity index (χ2n) is 5.83. The Morgan fingerprint density at radius 1 is 1.15 bits per heavy atom. The van der Waals surface area contributed by atoms with Gasteiger partial charge in [-0.15, -0.1) is 0 Å². The molecule has 0 aliphatic heterocycles. The fourth-order valence-electron chi connectivity index (χ4n) is 2.51. The van der Waals surface area contributed by atoms with Gasteiger partial charge in [0.1, 0.15) is 5.75 Å². The van der Waals surface area contributed by atoms with Crippen LogP contribution in [0.1, 0.15) is 19.4 Å². The number of methoxy groups -OCH3 is 1. The summed E-state index contributed by atoms with van der Waals surface area (Å²) >= 11 is 6.03. The number of hydrogen-bond donors (Lipinski definition) is 1. The van der Waals surface area contributed by atoms with E-state index in [1.807, 2.05) is 19.1 Å². The monoisotopic (exact) mass is 410 g/mol. The molecule has 0 aliphatic carbocycles. The third-order valence-electron chi connectivity index (χ3n) is 4.08. The summed E-state index contributed by atoms with van der Waals surface area (Å²) in [6.45, 7) is 3.57. The van der Waals surface area contributed by atoms with Gasteiger partial charge in [-0.25, -0.2) is 8.42 Å². The van der Waals surface area contributed by atoms with E-state index >= 15 is 0 Å². The maximum atomic E-state index is 12.8. The molecule has 0 fully saturated rings. The average molecular weight is 411 g/mol. The number of carbonyl (C=O) groups excluding carboxylic acids is 1. The van der Waals surface area contributed by atoms with Gasteiger partial charge in [0.25, 0.3) is 0 Å². The second-order valence-corrected chi connectivity index (χ2v) is 8.17. The lowest BCUT2D eigenvalue weighted by atomic mass is 10.1. The molecule has 0 aromatic heterocycles. The highest BCUT2D eigenvalue weighted by molar-refractivity contribution is 7.89. The van der Waals surface area contributed by atoms with E-state index < -0.39 is 15.9 Å². The van der Waals surface area contributed by atoms with E-state index in [-0.39, 0.29) is 23.0 Å². The zero-order valence-corrected chi connectivity index (χ0v) is 17.1. The molecule has 2 aromatic rings. The van der Waals surface area contributed by atoms with Crippen LogP contribution in [0.15, 0.2) is 47.4 Å². The Hall–Kier alpha value is -2.09. The van der Waals surface area contributed by atoms with Crippen molar-refractivity contribution >= 4 is 33.2 Å². The van der Waals surface area contributed by atoms with Crippen LogP contribution in [0, 0.1) is 0 Å². The molecule has 1 amide bonds. The number of hydrogen-bond acceptors (Lipinski definition) is 4. The molecule has 2 aromatic carbocycles. The molecule has 0 atom stereocenters. The molecule has 8 heteroatoms. The molecule has 0 saturated carbocycles. The standard InChI is InChI=1S/C19H23ClN2O4S/c1-4-14-6-8-15(9-7-14)21-19(23)13-22(5-2)27(24,25)16-10-11-18(26-3)17(20)12-16/h6-12H,4-5,13H2,1-3H3,(H,21,23). The van der Waals surface area contributed by atoms with Crippen LogP contribution in [0.4, 0.5) is 5.69 Å². The quantitative estimate of drug-likeness (QED) is 0.721. The van der Waals surface area contributed by atoms with Gasteiger partial charge in [-0.2, -0.15) is 4.31 Å². The number of amides is 1. The minimum Gasteiger partial charge on any atom is -0.495 e. The molecule has 0 radical (unpaired) electrons. The number of benzene rings is 2. The summed E-state index contributed by atoms with van der Waals surface area (Å²) in [7, 11) is -2.41. The number of nitrogens with zero attached hydrogens (tertiary/aromatic N) is 1. The second kappa shape index (κ2) is 9.21. The average Bonchev–Trinajstić information content (AvgIpc) is 2.66. The van der Waals surface area contributed by atoms with Crippen LogP contribution in [0.25, 0.3) is 0 Å². The fraction of sp³-hybridized carbons (Fsp3) is 0.316. The van der Waals surface area contributed by atoms with E-state index in [4.69, 9.17) is 16.3 Å². The molecule has 0 saturated heterocycles. The summed E-state index contributed by atoms with van der Waals surface area (Å²) in [5.74, 6) is -0.0313. The third kappa shape index (κ3) is 5.22. The summed E-state index contributed by atoms with van der Waals surface area (Å²) in [4.78, 5) is 12.3.